The molecule has 0 radical (unpaired) electrons. The third kappa shape index (κ3) is 3.43. The Morgan fingerprint density at radius 2 is 2.26 bits per heavy atom. The normalized spacial score (nSPS) is 21.1. The molecular formula is C17H22N4OS. The van der Waals surface area contributed by atoms with Gasteiger partial charge in [-0.2, -0.15) is 0 Å². The summed E-state index contributed by atoms with van der Waals surface area (Å²) in [5.41, 5.74) is 1.69. The SMILES string of the molecule is C[C@H]1[C@@H](N(C)C)CCN1C(=O)Cc1csc(-c2ccccn2)n1. The van der Waals surface area contributed by atoms with E-state index >= 15 is 0 Å². The second kappa shape index (κ2) is 6.76. The van der Waals surface area contributed by atoms with Crippen LogP contribution in [-0.2, 0) is 11.2 Å². The molecule has 3 heterocycles. The fraction of sp³-hybridized carbons (Fsp3) is 0.471. The number of aromatic nitrogens is 2. The molecule has 1 aliphatic rings. The highest BCUT2D eigenvalue weighted by Gasteiger charge is 2.34. The minimum Gasteiger partial charge on any atom is -0.338 e. The van der Waals surface area contributed by atoms with Crippen molar-refractivity contribution in [1.29, 1.82) is 0 Å². The Morgan fingerprint density at radius 3 is 2.91 bits per heavy atom. The fourth-order valence-corrected chi connectivity index (χ4v) is 4.01. The van der Waals surface area contributed by atoms with Crippen LogP contribution in [0.4, 0.5) is 0 Å². The van der Waals surface area contributed by atoms with Crippen LogP contribution < -0.4 is 0 Å². The molecule has 6 heteroatoms. The van der Waals surface area contributed by atoms with Gasteiger partial charge in [0.15, 0.2) is 0 Å². The van der Waals surface area contributed by atoms with Gasteiger partial charge in [0.25, 0.3) is 0 Å². The number of rotatable bonds is 4. The van der Waals surface area contributed by atoms with Crippen molar-refractivity contribution in [2.75, 3.05) is 20.6 Å². The zero-order chi connectivity index (χ0) is 16.4. The van der Waals surface area contributed by atoms with Crippen LogP contribution in [0, 0.1) is 0 Å². The monoisotopic (exact) mass is 330 g/mol. The van der Waals surface area contributed by atoms with Crippen molar-refractivity contribution in [3.63, 3.8) is 0 Å². The molecule has 3 rings (SSSR count). The van der Waals surface area contributed by atoms with E-state index in [4.69, 9.17) is 0 Å². The first kappa shape index (κ1) is 16.1. The largest absolute Gasteiger partial charge is 0.338 e. The lowest BCUT2D eigenvalue weighted by molar-refractivity contribution is -0.131. The summed E-state index contributed by atoms with van der Waals surface area (Å²) in [5.74, 6) is 0.166. The number of likely N-dealkylation sites (N-methyl/N-ethyl adjacent to an activating group) is 1. The molecule has 1 amide bonds. The smallest absolute Gasteiger partial charge is 0.228 e. The minimum absolute atomic E-state index is 0.166. The maximum Gasteiger partial charge on any atom is 0.228 e. The molecule has 0 saturated carbocycles. The lowest BCUT2D eigenvalue weighted by atomic mass is 10.1. The Kier molecular flexibility index (Phi) is 4.73. The summed E-state index contributed by atoms with van der Waals surface area (Å²) in [5, 5.41) is 2.83. The molecule has 0 N–H and O–H groups in total. The summed E-state index contributed by atoms with van der Waals surface area (Å²) in [6.45, 7) is 2.97. The second-order valence-corrected chi connectivity index (χ2v) is 7.04. The molecule has 23 heavy (non-hydrogen) atoms. The summed E-state index contributed by atoms with van der Waals surface area (Å²) in [6, 6.07) is 6.47. The van der Waals surface area contributed by atoms with Crippen LogP contribution in [0.3, 0.4) is 0 Å². The molecule has 122 valence electrons. The van der Waals surface area contributed by atoms with Gasteiger partial charge in [-0.15, -0.1) is 11.3 Å². The molecule has 1 aliphatic heterocycles. The number of hydrogen-bond donors (Lipinski definition) is 0. The standard InChI is InChI=1S/C17H22N4OS/c1-12-15(20(2)3)7-9-21(12)16(22)10-13-11-23-17(19-13)14-6-4-5-8-18-14/h4-6,8,11-12,15H,7,9-10H2,1-3H3/t12-,15-/m0/s1. The highest BCUT2D eigenvalue weighted by molar-refractivity contribution is 7.13. The number of nitrogens with zero attached hydrogens (tertiary/aromatic N) is 4. The van der Waals surface area contributed by atoms with E-state index in [9.17, 15) is 4.79 Å². The molecule has 2 atom stereocenters. The van der Waals surface area contributed by atoms with Crippen LogP contribution in [0.2, 0.25) is 0 Å². The number of amides is 1. The quantitative estimate of drug-likeness (QED) is 0.863. The summed E-state index contributed by atoms with van der Waals surface area (Å²) in [6.07, 6.45) is 3.17. The number of likely N-dealkylation sites (tertiary alicyclic amines) is 1. The highest BCUT2D eigenvalue weighted by Crippen LogP contribution is 2.24. The van der Waals surface area contributed by atoms with E-state index in [0.717, 1.165) is 29.4 Å². The zero-order valence-corrected chi connectivity index (χ0v) is 14.6. The first-order chi connectivity index (χ1) is 11.1. The van der Waals surface area contributed by atoms with Crippen LogP contribution >= 0.6 is 11.3 Å². The van der Waals surface area contributed by atoms with Gasteiger partial charge in [0.05, 0.1) is 17.8 Å². The van der Waals surface area contributed by atoms with E-state index < -0.39 is 0 Å². The summed E-state index contributed by atoms with van der Waals surface area (Å²) < 4.78 is 0. The van der Waals surface area contributed by atoms with E-state index in [1.807, 2.05) is 28.5 Å². The molecular weight excluding hydrogens is 308 g/mol. The van der Waals surface area contributed by atoms with E-state index in [1.54, 1.807) is 17.5 Å². The van der Waals surface area contributed by atoms with Crippen LogP contribution in [0.15, 0.2) is 29.8 Å². The maximum atomic E-state index is 12.6. The van der Waals surface area contributed by atoms with Gasteiger partial charge in [0.1, 0.15) is 5.01 Å². The number of hydrogen-bond acceptors (Lipinski definition) is 5. The molecule has 1 fully saturated rings. The molecule has 0 unspecified atom stereocenters. The van der Waals surface area contributed by atoms with Gasteiger partial charge in [-0.25, -0.2) is 4.98 Å². The average molecular weight is 330 g/mol. The lowest BCUT2D eigenvalue weighted by Gasteiger charge is -2.28. The van der Waals surface area contributed by atoms with E-state index in [1.165, 1.54) is 0 Å². The summed E-state index contributed by atoms with van der Waals surface area (Å²) >= 11 is 1.54. The van der Waals surface area contributed by atoms with Crippen molar-refractivity contribution in [1.82, 2.24) is 19.8 Å². The van der Waals surface area contributed by atoms with Crippen molar-refractivity contribution < 1.29 is 4.79 Å². The van der Waals surface area contributed by atoms with Crippen molar-refractivity contribution in [3.8, 4) is 10.7 Å². The maximum absolute atomic E-state index is 12.6. The van der Waals surface area contributed by atoms with Crippen molar-refractivity contribution >= 4 is 17.2 Å². The third-order valence-electron chi connectivity index (χ3n) is 4.47. The molecule has 0 aromatic carbocycles. The van der Waals surface area contributed by atoms with Crippen LogP contribution in [0.25, 0.3) is 10.7 Å². The molecule has 0 aliphatic carbocycles. The van der Waals surface area contributed by atoms with E-state index in [-0.39, 0.29) is 11.9 Å². The Morgan fingerprint density at radius 1 is 1.43 bits per heavy atom. The van der Waals surface area contributed by atoms with E-state index in [2.05, 4.69) is 35.9 Å². The average Bonchev–Trinajstić information content (AvgIpc) is 3.15. The van der Waals surface area contributed by atoms with Crippen molar-refractivity contribution in [2.24, 2.45) is 0 Å². The lowest BCUT2D eigenvalue weighted by Crippen LogP contribution is -2.42. The van der Waals surface area contributed by atoms with Gasteiger partial charge >= 0.3 is 0 Å². The molecule has 0 bridgehead atoms. The van der Waals surface area contributed by atoms with Gasteiger partial charge in [-0.05, 0) is 39.6 Å². The van der Waals surface area contributed by atoms with Crippen LogP contribution in [-0.4, -0.2) is 58.4 Å². The predicted molar refractivity (Wildman–Crippen MR) is 92.3 cm³/mol. The molecule has 2 aromatic heterocycles. The van der Waals surface area contributed by atoms with Crippen molar-refractivity contribution in [2.45, 2.75) is 31.8 Å². The minimum atomic E-state index is 0.166. The Hall–Kier alpha value is -1.79. The Labute approximate surface area is 141 Å². The number of carbonyl (C=O) groups excluding carboxylic acids is 1. The van der Waals surface area contributed by atoms with Crippen LogP contribution in [0.5, 0.6) is 0 Å². The second-order valence-electron chi connectivity index (χ2n) is 6.18. The van der Waals surface area contributed by atoms with Gasteiger partial charge < -0.3 is 9.80 Å². The fourth-order valence-electron chi connectivity index (χ4n) is 3.22. The van der Waals surface area contributed by atoms with Gasteiger partial charge in [-0.1, -0.05) is 6.07 Å². The molecule has 1 saturated heterocycles. The first-order valence-electron chi connectivity index (χ1n) is 7.88. The number of carbonyl (C=O) groups is 1. The third-order valence-corrected chi connectivity index (χ3v) is 5.38. The summed E-state index contributed by atoms with van der Waals surface area (Å²) in [7, 11) is 4.16. The number of thiazole rings is 1. The summed E-state index contributed by atoms with van der Waals surface area (Å²) in [4.78, 5) is 25.7. The first-order valence-corrected chi connectivity index (χ1v) is 8.76. The van der Waals surface area contributed by atoms with Gasteiger partial charge in [-0.3, -0.25) is 9.78 Å². The number of pyridine rings is 1. The van der Waals surface area contributed by atoms with Crippen molar-refractivity contribution in [3.05, 3.63) is 35.5 Å². The topological polar surface area (TPSA) is 49.3 Å². The van der Waals surface area contributed by atoms with Gasteiger partial charge in [0, 0.05) is 30.2 Å². The molecule has 5 nitrogen and oxygen atoms in total. The molecule has 2 aromatic rings. The van der Waals surface area contributed by atoms with Crippen LogP contribution in [0.1, 0.15) is 19.0 Å². The molecule has 0 spiro atoms. The Bertz CT molecular complexity index is 670. The predicted octanol–water partition coefficient (Wildman–Crippen LogP) is 2.30. The van der Waals surface area contributed by atoms with Gasteiger partial charge in [0.2, 0.25) is 5.91 Å². The zero-order valence-electron chi connectivity index (χ0n) is 13.8. The van der Waals surface area contributed by atoms with E-state index in [0.29, 0.717) is 12.5 Å². The Balaban J connectivity index is 1.66. The highest BCUT2D eigenvalue weighted by atomic mass is 32.1.